The van der Waals surface area contributed by atoms with E-state index in [0.29, 0.717) is 27.1 Å². The van der Waals surface area contributed by atoms with Crippen LogP contribution in [0.5, 0.6) is 11.5 Å². The third-order valence-corrected chi connectivity index (χ3v) is 4.83. The maximum Gasteiger partial charge on any atom is 0.416 e. The van der Waals surface area contributed by atoms with E-state index in [2.05, 4.69) is 11.6 Å². The van der Waals surface area contributed by atoms with Crippen molar-refractivity contribution >= 4 is 22.5 Å². The van der Waals surface area contributed by atoms with E-state index in [1.54, 1.807) is 29.4 Å². The lowest BCUT2D eigenvalue weighted by Gasteiger charge is -2.26. The number of anilines is 1. The first-order valence-corrected chi connectivity index (χ1v) is 8.56. The molecule has 1 aliphatic rings. The van der Waals surface area contributed by atoms with E-state index in [4.69, 9.17) is 4.74 Å². The third kappa shape index (κ3) is 4.11. The summed E-state index contributed by atoms with van der Waals surface area (Å²) in [6.07, 6.45) is -1.10. The van der Waals surface area contributed by atoms with Crippen LogP contribution in [0.3, 0.4) is 0 Å². The van der Waals surface area contributed by atoms with E-state index in [0.717, 1.165) is 12.1 Å². The molecule has 0 amide bonds. The zero-order valence-corrected chi connectivity index (χ0v) is 15.0. The number of nitrogens with zero attached hydrogens (tertiary/aromatic N) is 2. The topological polar surface area (TPSA) is 45.1 Å². The molecule has 1 aliphatic heterocycles. The fraction of sp³-hybridized carbons (Fsp3) is 0.105. The molecule has 140 valence electrons. The Labute approximate surface area is 158 Å². The summed E-state index contributed by atoms with van der Waals surface area (Å²) >= 11 is 1.21. The van der Waals surface area contributed by atoms with E-state index in [9.17, 15) is 18.3 Å². The van der Waals surface area contributed by atoms with Gasteiger partial charge in [0.05, 0.1) is 18.4 Å². The number of aromatic hydroxyl groups is 1. The third-order valence-electron chi connectivity index (χ3n) is 3.78. The molecule has 0 unspecified atom stereocenters. The summed E-state index contributed by atoms with van der Waals surface area (Å²) in [6, 6.07) is 9.71. The van der Waals surface area contributed by atoms with Crippen molar-refractivity contribution in [3.05, 3.63) is 72.7 Å². The van der Waals surface area contributed by atoms with Crippen LogP contribution in [-0.2, 0) is 6.18 Å². The van der Waals surface area contributed by atoms with Gasteiger partial charge in [-0.3, -0.25) is 0 Å². The zero-order valence-electron chi connectivity index (χ0n) is 14.2. The number of phenolic OH excluding ortho intramolecular Hbond substituents is 1. The van der Waals surface area contributed by atoms with Crippen LogP contribution >= 0.6 is 11.8 Å². The molecule has 0 fully saturated rings. The first-order valence-electron chi connectivity index (χ1n) is 7.74. The minimum atomic E-state index is -4.37. The van der Waals surface area contributed by atoms with Crippen molar-refractivity contribution in [2.24, 2.45) is 4.99 Å². The van der Waals surface area contributed by atoms with E-state index in [1.807, 2.05) is 0 Å². The molecule has 1 N–H and O–H groups in total. The van der Waals surface area contributed by atoms with E-state index in [1.165, 1.54) is 37.1 Å². The molecule has 2 aromatic rings. The molecular formula is C19H15F3N2O2S. The molecule has 0 saturated carbocycles. The van der Waals surface area contributed by atoms with Gasteiger partial charge in [-0.1, -0.05) is 18.3 Å². The van der Waals surface area contributed by atoms with E-state index >= 15 is 0 Å². The van der Waals surface area contributed by atoms with Gasteiger partial charge in [-0.2, -0.15) is 13.2 Å². The van der Waals surface area contributed by atoms with Crippen LogP contribution in [0.4, 0.5) is 18.9 Å². The SMILES string of the molecule is C=C1C(Sc2ccc(C(F)(F)F)cc2)=NC=CN1c1ccc(O)c(OC)c1. The van der Waals surface area contributed by atoms with E-state index in [-0.39, 0.29) is 5.75 Å². The van der Waals surface area contributed by atoms with Crippen LogP contribution in [0.15, 0.2) is 77.0 Å². The Balaban J connectivity index is 1.79. The van der Waals surface area contributed by atoms with Crippen molar-refractivity contribution in [3.63, 3.8) is 0 Å². The predicted molar refractivity (Wildman–Crippen MR) is 100 cm³/mol. The maximum absolute atomic E-state index is 12.7. The van der Waals surface area contributed by atoms with Gasteiger partial charge in [-0.05, 0) is 36.4 Å². The van der Waals surface area contributed by atoms with Crippen molar-refractivity contribution in [1.82, 2.24) is 0 Å². The van der Waals surface area contributed by atoms with Gasteiger partial charge in [0.25, 0.3) is 0 Å². The number of thioether (sulfide) groups is 1. The van der Waals surface area contributed by atoms with Crippen LogP contribution in [0, 0.1) is 0 Å². The van der Waals surface area contributed by atoms with Crippen molar-refractivity contribution in [2.45, 2.75) is 11.1 Å². The fourth-order valence-electron chi connectivity index (χ4n) is 2.40. The van der Waals surface area contributed by atoms with Gasteiger partial charge in [-0.15, -0.1) is 0 Å². The van der Waals surface area contributed by atoms with Crippen molar-refractivity contribution < 1.29 is 23.0 Å². The second-order valence-electron chi connectivity index (χ2n) is 5.53. The summed E-state index contributed by atoms with van der Waals surface area (Å²) in [6.45, 7) is 4.02. The molecular weight excluding hydrogens is 377 g/mol. The Kier molecular flexibility index (Phi) is 5.18. The summed E-state index contributed by atoms with van der Waals surface area (Å²) in [5.41, 5.74) is 0.551. The molecule has 8 heteroatoms. The second-order valence-corrected chi connectivity index (χ2v) is 6.59. The van der Waals surface area contributed by atoms with Gasteiger partial charge in [-0.25, -0.2) is 4.99 Å². The van der Waals surface area contributed by atoms with Crippen molar-refractivity contribution in [1.29, 1.82) is 0 Å². The number of halogens is 3. The van der Waals surface area contributed by atoms with Gasteiger partial charge in [0.1, 0.15) is 5.04 Å². The summed E-state index contributed by atoms with van der Waals surface area (Å²) in [5.74, 6) is 0.328. The Bertz CT molecular complexity index is 922. The molecule has 27 heavy (non-hydrogen) atoms. The Morgan fingerprint density at radius 1 is 1.15 bits per heavy atom. The highest BCUT2D eigenvalue weighted by molar-refractivity contribution is 8.14. The minimum absolute atomic E-state index is 0.0147. The van der Waals surface area contributed by atoms with Crippen LogP contribution in [-0.4, -0.2) is 17.3 Å². The number of aliphatic imine (C=N–C) groups is 1. The van der Waals surface area contributed by atoms with Crippen LogP contribution in [0.25, 0.3) is 0 Å². The molecule has 0 bridgehead atoms. The molecule has 0 spiro atoms. The lowest BCUT2D eigenvalue weighted by atomic mass is 10.2. The summed E-state index contributed by atoms with van der Waals surface area (Å²) < 4.78 is 43.2. The number of alkyl halides is 3. The first kappa shape index (κ1) is 18.9. The minimum Gasteiger partial charge on any atom is -0.504 e. The van der Waals surface area contributed by atoms with Crippen molar-refractivity contribution in [3.8, 4) is 11.5 Å². The Morgan fingerprint density at radius 3 is 2.48 bits per heavy atom. The highest BCUT2D eigenvalue weighted by Crippen LogP contribution is 2.36. The molecule has 4 nitrogen and oxygen atoms in total. The van der Waals surface area contributed by atoms with Crippen molar-refractivity contribution in [2.75, 3.05) is 12.0 Å². The highest BCUT2D eigenvalue weighted by atomic mass is 32.2. The first-order chi connectivity index (χ1) is 12.8. The van der Waals surface area contributed by atoms with Gasteiger partial charge < -0.3 is 14.7 Å². The summed E-state index contributed by atoms with van der Waals surface area (Å²) in [4.78, 5) is 6.63. The number of benzene rings is 2. The molecule has 2 aromatic carbocycles. The number of phenols is 1. The monoisotopic (exact) mass is 392 g/mol. The van der Waals surface area contributed by atoms with Gasteiger partial charge in [0, 0.05) is 29.0 Å². The number of methoxy groups -OCH3 is 1. The Hall–Kier alpha value is -2.87. The second kappa shape index (κ2) is 7.40. The molecule has 1 heterocycles. The van der Waals surface area contributed by atoms with E-state index < -0.39 is 11.7 Å². The molecule has 0 atom stereocenters. The largest absolute Gasteiger partial charge is 0.504 e. The zero-order chi connectivity index (χ0) is 19.6. The molecule has 3 rings (SSSR count). The van der Waals surface area contributed by atoms with Crippen LogP contribution in [0.1, 0.15) is 5.56 Å². The number of hydrogen-bond acceptors (Lipinski definition) is 5. The van der Waals surface area contributed by atoms with Crippen LogP contribution in [0.2, 0.25) is 0 Å². The Morgan fingerprint density at radius 2 is 1.85 bits per heavy atom. The number of ether oxygens (including phenoxy) is 1. The van der Waals surface area contributed by atoms with Gasteiger partial charge in [0.15, 0.2) is 11.5 Å². The molecule has 0 saturated heterocycles. The fourth-order valence-corrected chi connectivity index (χ4v) is 3.23. The number of rotatable bonds is 3. The van der Waals surface area contributed by atoms with Gasteiger partial charge >= 0.3 is 6.18 Å². The number of hydrogen-bond donors (Lipinski definition) is 1. The molecule has 0 radical (unpaired) electrons. The lowest BCUT2D eigenvalue weighted by molar-refractivity contribution is -0.137. The molecule has 0 aliphatic carbocycles. The average Bonchev–Trinajstić information content (AvgIpc) is 2.64. The summed E-state index contributed by atoms with van der Waals surface area (Å²) in [7, 11) is 1.45. The highest BCUT2D eigenvalue weighted by Gasteiger charge is 2.30. The normalized spacial score (nSPS) is 14.3. The summed E-state index contributed by atoms with van der Waals surface area (Å²) in [5, 5.41) is 10.3. The molecule has 0 aromatic heterocycles. The lowest BCUT2D eigenvalue weighted by Crippen LogP contribution is -2.22. The average molecular weight is 392 g/mol. The predicted octanol–water partition coefficient (Wildman–Crippen LogP) is 5.42. The maximum atomic E-state index is 12.7. The standard InChI is InChI=1S/C19H15F3N2O2S/c1-12-18(27-15-6-3-13(4-7-15)19(20,21)22)23-9-10-24(12)14-5-8-16(25)17(11-14)26-2/h3-11,25H,1H2,2H3. The van der Waals surface area contributed by atoms with Gasteiger partial charge in [0.2, 0.25) is 0 Å². The van der Waals surface area contributed by atoms with Crippen LogP contribution < -0.4 is 9.64 Å². The quantitative estimate of drug-likeness (QED) is 0.758. The smallest absolute Gasteiger partial charge is 0.416 e.